The molecule has 4 nitrogen and oxygen atoms in total. The van der Waals surface area contributed by atoms with Crippen LogP contribution in [0.5, 0.6) is 0 Å². The number of rotatable bonds is 2. The maximum atomic E-state index is 12.5. The van der Waals surface area contributed by atoms with Crippen molar-refractivity contribution in [1.29, 1.82) is 0 Å². The van der Waals surface area contributed by atoms with E-state index in [2.05, 4.69) is 0 Å². The van der Waals surface area contributed by atoms with Crippen molar-refractivity contribution in [3.63, 3.8) is 0 Å². The number of nitro benzene ring substituents is 1. The third kappa shape index (κ3) is 1.93. The lowest BCUT2D eigenvalue weighted by Gasteiger charge is -2.08. The molecule has 1 heterocycles. The average molecular weight is 237 g/mol. The Kier molecular flexibility index (Phi) is 2.68. The lowest BCUT2D eigenvalue weighted by molar-refractivity contribution is -0.384. The van der Waals surface area contributed by atoms with Crippen molar-refractivity contribution < 1.29 is 9.49 Å². The van der Waals surface area contributed by atoms with E-state index in [1.807, 2.05) is 6.92 Å². The van der Waals surface area contributed by atoms with Crippen molar-refractivity contribution in [2.24, 2.45) is 0 Å². The van der Waals surface area contributed by atoms with E-state index < -0.39 is 12.1 Å². The van der Waals surface area contributed by atoms with Crippen molar-refractivity contribution in [3.05, 3.63) is 45.8 Å². The molecule has 1 aromatic carbocycles. The second-order valence-corrected chi connectivity index (χ2v) is 6.83. The molecule has 1 aliphatic rings. The quantitative estimate of drug-likeness (QED) is 0.451. The standard InChI is InChI=1S/C11H12NO3P/c1-9-5-6-16(15,8-9)11-4-2-3-10(7-11)12(13)14/h2-4,7-8H,5-6H2,1H3. The van der Waals surface area contributed by atoms with Gasteiger partial charge in [-0.15, -0.1) is 0 Å². The molecule has 1 aromatic rings. The monoisotopic (exact) mass is 237 g/mol. The molecule has 84 valence electrons. The van der Waals surface area contributed by atoms with Crippen LogP contribution in [-0.2, 0) is 4.57 Å². The first-order chi connectivity index (χ1) is 7.51. The van der Waals surface area contributed by atoms with Gasteiger partial charge < -0.3 is 4.57 Å². The fourth-order valence-corrected chi connectivity index (χ4v) is 4.62. The summed E-state index contributed by atoms with van der Waals surface area (Å²) in [6, 6.07) is 6.15. The first-order valence-electron chi connectivity index (χ1n) is 5.03. The molecule has 0 saturated carbocycles. The van der Waals surface area contributed by atoms with Gasteiger partial charge in [0.2, 0.25) is 0 Å². The zero-order valence-corrected chi connectivity index (χ0v) is 9.81. The summed E-state index contributed by atoms with van der Waals surface area (Å²) in [7, 11) is -2.51. The molecule has 5 heteroatoms. The van der Waals surface area contributed by atoms with E-state index >= 15 is 0 Å². The first kappa shape index (κ1) is 11.1. The summed E-state index contributed by atoms with van der Waals surface area (Å²) < 4.78 is 12.5. The third-order valence-corrected chi connectivity index (χ3v) is 5.64. The molecule has 1 unspecified atom stereocenters. The minimum absolute atomic E-state index is 0.00526. The van der Waals surface area contributed by atoms with E-state index in [4.69, 9.17) is 0 Å². The fraction of sp³-hybridized carbons (Fsp3) is 0.273. The van der Waals surface area contributed by atoms with E-state index in [0.717, 1.165) is 12.0 Å². The molecule has 0 bridgehead atoms. The smallest absolute Gasteiger partial charge is 0.270 e. The Morgan fingerprint density at radius 1 is 1.44 bits per heavy atom. The van der Waals surface area contributed by atoms with Gasteiger partial charge in [-0.25, -0.2) is 0 Å². The second kappa shape index (κ2) is 3.87. The minimum atomic E-state index is -2.51. The molecule has 0 spiro atoms. The van der Waals surface area contributed by atoms with E-state index in [-0.39, 0.29) is 5.69 Å². The molecule has 0 aliphatic carbocycles. The summed E-state index contributed by atoms with van der Waals surface area (Å²) in [6.07, 6.45) is 1.42. The van der Waals surface area contributed by atoms with Crippen LogP contribution in [0.1, 0.15) is 13.3 Å². The molecule has 16 heavy (non-hydrogen) atoms. The molecule has 0 aromatic heterocycles. The highest BCUT2D eigenvalue weighted by Crippen LogP contribution is 2.53. The Bertz CT molecular complexity index is 522. The number of hydrogen-bond donors (Lipinski definition) is 0. The van der Waals surface area contributed by atoms with Crippen LogP contribution in [0, 0.1) is 10.1 Å². The van der Waals surface area contributed by atoms with Crippen molar-refractivity contribution in [3.8, 4) is 0 Å². The summed E-state index contributed by atoms with van der Waals surface area (Å²) in [4.78, 5) is 10.2. The number of nitrogens with zero attached hydrogens (tertiary/aromatic N) is 1. The molecule has 0 N–H and O–H groups in total. The number of allylic oxidation sites excluding steroid dienone is 1. The molecule has 1 atom stereocenters. The highest BCUT2D eigenvalue weighted by atomic mass is 31.2. The topological polar surface area (TPSA) is 60.2 Å². The van der Waals surface area contributed by atoms with Gasteiger partial charge in [0.15, 0.2) is 0 Å². The lowest BCUT2D eigenvalue weighted by atomic mass is 10.3. The Morgan fingerprint density at radius 3 is 2.75 bits per heavy atom. The van der Waals surface area contributed by atoms with Crippen LogP contribution in [0.25, 0.3) is 0 Å². The SMILES string of the molecule is CC1=CP(=O)(c2cccc([N+](=O)[O-])c2)CC1. The van der Waals surface area contributed by atoms with Gasteiger partial charge in [-0.3, -0.25) is 10.1 Å². The van der Waals surface area contributed by atoms with Gasteiger partial charge >= 0.3 is 0 Å². The number of nitro groups is 1. The van der Waals surface area contributed by atoms with Gasteiger partial charge in [0.05, 0.1) is 4.92 Å². The van der Waals surface area contributed by atoms with Gasteiger partial charge in [0.25, 0.3) is 5.69 Å². The van der Waals surface area contributed by atoms with Crippen molar-refractivity contribution in [2.45, 2.75) is 13.3 Å². The molecule has 2 rings (SSSR count). The van der Waals surface area contributed by atoms with Crippen molar-refractivity contribution in [1.82, 2.24) is 0 Å². The number of benzene rings is 1. The zero-order valence-electron chi connectivity index (χ0n) is 8.92. The number of hydrogen-bond acceptors (Lipinski definition) is 3. The molecule has 0 saturated heterocycles. The van der Waals surface area contributed by atoms with Crippen LogP contribution >= 0.6 is 7.14 Å². The molecule has 0 fully saturated rings. The average Bonchev–Trinajstić information content (AvgIpc) is 2.60. The maximum Gasteiger partial charge on any atom is 0.270 e. The summed E-state index contributed by atoms with van der Waals surface area (Å²) >= 11 is 0. The zero-order chi connectivity index (χ0) is 11.8. The minimum Gasteiger partial charge on any atom is -0.314 e. The Labute approximate surface area is 93.5 Å². The normalized spacial score (nSPS) is 24.2. The summed E-state index contributed by atoms with van der Waals surface area (Å²) in [5.41, 5.74) is 1.11. The van der Waals surface area contributed by atoms with E-state index in [1.165, 1.54) is 12.1 Å². The van der Waals surface area contributed by atoms with Gasteiger partial charge in [0.1, 0.15) is 7.14 Å². The summed E-state index contributed by atoms with van der Waals surface area (Å²) in [5.74, 6) is 1.78. The lowest BCUT2D eigenvalue weighted by Crippen LogP contribution is -2.04. The highest BCUT2D eigenvalue weighted by molar-refractivity contribution is 7.74. The van der Waals surface area contributed by atoms with Crippen LogP contribution in [0.3, 0.4) is 0 Å². The molecule has 0 radical (unpaired) electrons. The van der Waals surface area contributed by atoms with Crippen LogP contribution in [0.4, 0.5) is 5.69 Å². The van der Waals surface area contributed by atoms with Crippen molar-refractivity contribution >= 4 is 18.1 Å². The molecular formula is C11H12NO3P. The summed E-state index contributed by atoms with van der Waals surface area (Å²) in [5, 5.41) is 11.2. The van der Waals surface area contributed by atoms with Crippen LogP contribution in [0.2, 0.25) is 0 Å². The summed E-state index contributed by atoms with van der Waals surface area (Å²) in [6.45, 7) is 1.94. The van der Waals surface area contributed by atoms with E-state index in [9.17, 15) is 14.7 Å². The predicted octanol–water partition coefficient (Wildman–Crippen LogP) is 2.89. The van der Waals surface area contributed by atoms with Gasteiger partial charge in [0, 0.05) is 23.6 Å². The van der Waals surface area contributed by atoms with Crippen LogP contribution in [-0.4, -0.2) is 11.1 Å². The van der Waals surface area contributed by atoms with Crippen molar-refractivity contribution in [2.75, 3.05) is 6.16 Å². The largest absolute Gasteiger partial charge is 0.314 e. The van der Waals surface area contributed by atoms with Gasteiger partial charge in [-0.2, -0.15) is 0 Å². The highest BCUT2D eigenvalue weighted by Gasteiger charge is 2.28. The maximum absolute atomic E-state index is 12.5. The third-order valence-electron chi connectivity index (χ3n) is 2.74. The van der Waals surface area contributed by atoms with E-state index in [0.29, 0.717) is 11.5 Å². The Morgan fingerprint density at radius 2 is 2.19 bits per heavy atom. The first-order valence-corrected chi connectivity index (χ1v) is 6.99. The van der Waals surface area contributed by atoms with Crippen LogP contribution < -0.4 is 5.30 Å². The number of non-ortho nitro benzene ring substituents is 1. The fourth-order valence-electron chi connectivity index (χ4n) is 1.87. The van der Waals surface area contributed by atoms with Gasteiger partial charge in [-0.05, 0) is 19.2 Å². The Balaban J connectivity index is 2.46. The second-order valence-electron chi connectivity index (χ2n) is 4.02. The molecule has 0 amide bonds. The molecular weight excluding hydrogens is 225 g/mol. The van der Waals surface area contributed by atoms with E-state index in [1.54, 1.807) is 17.9 Å². The van der Waals surface area contributed by atoms with Crippen LogP contribution in [0.15, 0.2) is 35.7 Å². The Hall–Kier alpha value is -1.41. The predicted molar refractivity (Wildman–Crippen MR) is 63.6 cm³/mol. The van der Waals surface area contributed by atoms with Gasteiger partial charge in [-0.1, -0.05) is 17.7 Å². The molecule has 1 aliphatic heterocycles.